The van der Waals surface area contributed by atoms with Crippen molar-refractivity contribution < 1.29 is 19.8 Å². The molecule has 9 heteroatoms. The molecule has 0 radical (unpaired) electrons. The monoisotopic (exact) mass is 442 g/mol. The molecule has 31 heavy (non-hydrogen) atoms. The predicted molar refractivity (Wildman–Crippen MR) is 120 cm³/mol. The van der Waals surface area contributed by atoms with Gasteiger partial charge in [-0.1, -0.05) is 29.8 Å². The van der Waals surface area contributed by atoms with Crippen LogP contribution in [0.25, 0.3) is 16.6 Å². The molecule has 2 N–H and O–H groups in total. The molecule has 1 aliphatic heterocycles. The largest absolute Gasteiger partial charge is 0.478 e. The molecule has 162 valence electrons. The van der Waals surface area contributed by atoms with Crippen LogP contribution in [-0.2, 0) is 9.59 Å². The number of rotatable bonds is 4. The van der Waals surface area contributed by atoms with E-state index in [1.54, 1.807) is 0 Å². The number of para-hydroxylation sites is 1. The van der Waals surface area contributed by atoms with Gasteiger partial charge in [0.25, 0.3) is 0 Å². The zero-order valence-corrected chi connectivity index (χ0v) is 17.7. The number of anilines is 1. The van der Waals surface area contributed by atoms with Crippen LogP contribution >= 0.6 is 11.6 Å². The molecule has 1 aromatic heterocycles. The molecule has 1 saturated heterocycles. The van der Waals surface area contributed by atoms with Gasteiger partial charge >= 0.3 is 11.9 Å². The molecular weight excluding hydrogens is 420 g/mol. The van der Waals surface area contributed by atoms with Gasteiger partial charge in [0, 0.05) is 48.7 Å². The quantitative estimate of drug-likeness (QED) is 0.599. The van der Waals surface area contributed by atoms with Crippen LogP contribution in [0.1, 0.15) is 0 Å². The Labute approximate surface area is 184 Å². The predicted octanol–water partition coefficient (Wildman–Crippen LogP) is 3.14. The lowest BCUT2D eigenvalue weighted by Gasteiger charge is -2.32. The van der Waals surface area contributed by atoms with Crippen molar-refractivity contribution in [1.29, 1.82) is 0 Å². The minimum Gasteiger partial charge on any atom is -0.478 e. The smallest absolute Gasteiger partial charge is 0.328 e. The van der Waals surface area contributed by atoms with Crippen molar-refractivity contribution in [2.24, 2.45) is 0 Å². The van der Waals surface area contributed by atoms with Crippen LogP contribution in [0, 0.1) is 0 Å². The molecule has 3 aromatic rings. The Balaban J connectivity index is 0.000000293. The van der Waals surface area contributed by atoms with E-state index >= 15 is 0 Å². The fourth-order valence-electron chi connectivity index (χ4n) is 3.23. The van der Waals surface area contributed by atoms with E-state index in [0.717, 1.165) is 53.6 Å². The van der Waals surface area contributed by atoms with E-state index in [2.05, 4.69) is 35.0 Å². The Kier molecular flexibility index (Phi) is 7.28. The number of carbonyl (C=O) groups is 2. The van der Waals surface area contributed by atoms with Gasteiger partial charge in [0.1, 0.15) is 0 Å². The summed E-state index contributed by atoms with van der Waals surface area (Å²) in [6.07, 6.45) is 1.12. The first kappa shape index (κ1) is 22.3. The van der Waals surface area contributed by atoms with Gasteiger partial charge in [-0.25, -0.2) is 14.3 Å². The number of likely N-dealkylation sites (N-methyl/N-ethyl adjacent to an activating group) is 1. The van der Waals surface area contributed by atoms with Gasteiger partial charge in [0.15, 0.2) is 5.82 Å². The van der Waals surface area contributed by atoms with Crippen LogP contribution in [0.2, 0.25) is 5.02 Å². The molecule has 1 aliphatic rings. The summed E-state index contributed by atoms with van der Waals surface area (Å²) >= 11 is 6.23. The highest BCUT2D eigenvalue weighted by Crippen LogP contribution is 2.31. The summed E-state index contributed by atoms with van der Waals surface area (Å²) < 4.78 is 1.99. The molecule has 0 unspecified atom stereocenters. The molecule has 0 atom stereocenters. The summed E-state index contributed by atoms with van der Waals surface area (Å²) in [6.45, 7) is 4.13. The molecule has 2 heterocycles. The van der Waals surface area contributed by atoms with Crippen molar-refractivity contribution >= 4 is 40.3 Å². The van der Waals surface area contributed by atoms with Gasteiger partial charge in [-0.05, 0) is 37.4 Å². The molecule has 4 rings (SSSR count). The molecule has 0 spiro atoms. The number of nitrogens with zero attached hydrogens (tertiary/aromatic N) is 4. The van der Waals surface area contributed by atoms with E-state index < -0.39 is 11.9 Å². The Bertz CT molecular complexity index is 1070. The summed E-state index contributed by atoms with van der Waals surface area (Å²) in [5.41, 5.74) is 2.11. The van der Waals surface area contributed by atoms with E-state index in [1.165, 1.54) is 0 Å². The third kappa shape index (κ3) is 5.84. The summed E-state index contributed by atoms with van der Waals surface area (Å²) in [5.74, 6) is -1.46. The number of hydrogen-bond acceptors (Lipinski definition) is 5. The van der Waals surface area contributed by atoms with E-state index in [4.69, 9.17) is 26.9 Å². The Morgan fingerprint density at radius 2 is 1.58 bits per heavy atom. The lowest BCUT2D eigenvalue weighted by molar-refractivity contribution is -0.134. The molecule has 2 aromatic carbocycles. The van der Waals surface area contributed by atoms with Crippen LogP contribution in [0.3, 0.4) is 0 Å². The summed E-state index contributed by atoms with van der Waals surface area (Å²) in [6, 6.07) is 16.2. The minimum absolute atomic E-state index is 0.558. The molecular formula is C22H23ClN4O4. The van der Waals surface area contributed by atoms with Gasteiger partial charge in [0.05, 0.1) is 11.2 Å². The van der Waals surface area contributed by atoms with Crippen molar-refractivity contribution in [3.05, 3.63) is 65.7 Å². The second-order valence-corrected chi connectivity index (χ2v) is 7.47. The molecule has 0 amide bonds. The van der Waals surface area contributed by atoms with Crippen LogP contribution in [-0.4, -0.2) is 70.1 Å². The fourth-order valence-corrected chi connectivity index (χ4v) is 3.40. The second-order valence-electron chi connectivity index (χ2n) is 7.03. The standard InChI is InChI=1S/C18H19ClN4.C4H4O4/c1-21-9-11-22(12-10-21)18-16-8-7-14(19)13-17(16)23(20-18)15-5-3-2-4-6-15;5-3(6)1-2-4(7)8/h2-8,13H,9-12H2,1H3;1-2H,(H,5,6)(H,7,8)/b;2-1+. The average molecular weight is 443 g/mol. The number of benzene rings is 2. The van der Waals surface area contributed by atoms with Crippen molar-refractivity contribution in [1.82, 2.24) is 14.7 Å². The van der Waals surface area contributed by atoms with E-state index in [9.17, 15) is 9.59 Å². The second kappa shape index (κ2) is 10.1. The highest BCUT2D eigenvalue weighted by Gasteiger charge is 2.21. The SMILES string of the molecule is CN1CCN(c2nn(-c3ccccc3)c3cc(Cl)ccc23)CC1.O=C(O)/C=C/C(=O)O. The minimum atomic E-state index is -1.26. The van der Waals surface area contributed by atoms with E-state index in [0.29, 0.717) is 12.2 Å². The number of halogens is 1. The first-order chi connectivity index (χ1) is 14.8. The Hall–Kier alpha value is -3.36. The van der Waals surface area contributed by atoms with Crippen molar-refractivity contribution in [2.45, 2.75) is 0 Å². The Morgan fingerprint density at radius 3 is 2.16 bits per heavy atom. The van der Waals surface area contributed by atoms with Crippen LogP contribution < -0.4 is 4.90 Å². The van der Waals surface area contributed by atoms with E-state index in [-0.39, 0.29) is 0 Å². The lowest BCUT2D eigenvalue weighted by atomic mass is 10.2. The highest BCUT2D eigenvalue weighted by molar-refractivity contribution is 6.31. The van der Waals surface area contributed by atoms with Crippen molar-refractivity contribution in [3.63, 3.8) is 0 Å². The van der Waals surface area contributed by atoms with Crippen LogP contribution in [0.5, 0.6) is 0 Å². The summed E-state index contributed by atoms with van der Waals surface area (Å²) in [4.78, 5) is 23.8. The zero-order chi connectivity index (χ0) is 22.4. The topological polar surface area (TPSA) is 98.9 Å². The molecule has 8 nitrogen and oxygen atoms in total. The van der Waals surface area contributed by atoms with Gasteiger partial charge in [-0.15, -0.1) is 5.10 Å². The number of fused-ring (bicyclic) bond motifs is 1. The fraction of sp³-hybridized carbons (Fsp3) is 0.227. The summed E-state index contributed by atoms with van der Waals surface area (Å²) in [5, 5.41) is 22.4. The van der Waals surface area contributed by atoms with Gasteiger partial charge in [-0.3, -0.25) is 0 Å². The molecule has 1 fully saturated rings. The maximum atomic E-state index is 9.55. The lowest BCUT2D eigenvalue weighted by Crippen LogP contribution is -2.44. The molecule has 0 saturated carbocycles. The first-order valence-corrected chi connectivity index (χ1v) is 10.0. The van der Waals surface area contributed by atoms with E-state index in [1.807, 2.05) is 35.0 Å². The normalized spacial score (nSPS) is 14.5. The third-order valence-corrected chi connectivity index (χ3v) is 5.03. The zero-order valence-electron chi connectivity index (χ0n) is 17.0. The number of aliphatic carboxylic acids is 2. The number of aromatic nitrogens is 2. The number of hydrogen-bond donors (Lipinski definition) is 2. The first-order valence-electron chi connectivity index (χ1n) is 9.66. The summed E-state index contributed by atoms with van der Waals surface area (Å²) in [7, 11) is 2.16. The number of carboxylic acid groups (broad SMARTS) is 2. The Morgan fingerprint density at radius 1 is 0.968 bits per heavy atom. The van der Waals surface area contributed by atoms with Gasteiger partial charge in [0.2, 0.25) is 0 Å². The maximum Gasteiger partial charge on any atom is 0.328 e. The van der Waals surface area contributed by atoms with Gasteiger partial charge in [-0.2, -0.15) is 0 Å². The number of carboxylic acids is 2. The molecule has 0 bridgehead atoms. The highest BCUT2D eigenvalue weighted by atomic mass is 35.5. The maximum absolute atomic E-state index is 9.55. The van der Waals surface area contributed by atoms with Crippen LogP contribution in [0.4, 0.5) is 5.82 Å². The van der Waals surface area contributed by atoms with Crippen LogP contribution in [0.15, 0.2) is 60.7 Å². The number of piperazine rings is 1. The van der Waals surface area contributed by atoms with Crippen molar-refractivity contribution in [2.75, 3.05) is 38.1 Å². The van der Waals surface area contributed by atoms with Crippen molar-refractivity contribution in [3.8, 4) is 5.69 Å². The average Bonchev–Trinajstić information content (AvgIpc) is 3.12. The molecule has 0 aliphatic carbocycles. The third-order valence-electron chi connectivity index (χ3n) is 4.80. The van der Waals surface area contributed by atoms with Gasteiger partial charge < -0.3 is 20.0 Å².